The van der Waals surface area contributed by atoms with Crippen molar-refractivity contribution in [1.82, 2.24) is 0 Å². The Bertz CT molecular complexity index is 679. The maximum atomic E-state index is 13.7. The summed E-state index contributed by atoms with van der Waals surface area (Å²) in [7, 11) is 0. The highest BCUT2D eigenvalue weighted by Crippen LogP contribution is 2.29. The second-order valence-corrected chi connectivity index (χ2v) is 5.11. The second-order valence-electron chi connectivity index (χ2n) is 5.11. The lowest BCUT2D eigenvalue weighted by Crippen LogP contribution is -2.50. The van der Waals surface area contributed by atoms with Gasteiger partial charge in [0.2, 0.25) is 0 Å². The molecule has 3 nitrogen and oxygen atoms in total. The molecule has 1 N–H and O–H groups in total. The number of anilines is 1. The van der Waals surface area contributed by atoms with E-state index in [1.165, 1.54) is 0 Å². The standard InChI is InChI=1S/C16H13F2NO2/c17-12-3-6-15(18)14(7-12)10-1-4-13(5-2-10)19-8-11(9-19)16(20)21/h1-7,11H,8-9H2,(H,20,21). The van der Waals surface area contributed by atoms with Crippen molar-refractivity contribution < 1.29 is 18.7 Å². The number of halogens is 2. The molecule has 1 fully saturated rings. The molecule has 0 amide bonds. The van der Waals surface area contributed by atoms with E-state index in [1.54, 1.807) is 24.3 Å². The first-order valence-electron chi connectivity index (χ1n) is 6.58. The summed E-state index contributed by atoms with van der Waals surface area (Å²) in [4.78, 5) is 12.7. The highest BCUT2D eigenvalue weighted by atomic mass is 19.1. The van der Waals surface area contributed by atoms with E-state index in [2.05, 4.69) is 0 Å². The van der Waals surface area contributed by atoms with Crippen LogP contribution in [0.2, 0.25) is 0 Å². The van der Waals surface area contributed by atoms with Crippen molar-refractivity contribution in [2.45, 2.75) is 0 Å². The van der Waals surface area contributed by atoms with Crippen LogP contribution in [0.1, 0.15) is 0 Å². The summed E-state index contributed by atoms with van der Waals surface area (Å²) in [5.41, 5.74) is 1.69. The fraction of sp³-hybridized carbons (Fsp3) is 0.188. The zero-order valence-electron chi connectivity index (χ0n) is 11.1. The third-order valence-corrected chi connectivity index (χ3v) is 3.70. The maximum Gasteiger partial charge on any atom is 0.310 e. The van der Waals surface area contributed by atoms with Gasteiger partial charge in [-0.3, -0.25) is 4.79 Å². The fourth-order valence-electron chi connectivity index (χ4n) is 2.42. The average molecular weight is 289 g/mol. The van der Waals surface area contributed by atoms with Gasteiger partial charge in [-0.1, -0.05) is 12.1 Å². The first-order valence-corrected chi connectivity index (χ1v) is 6.58. The molecule has 5 heteroatoms. The first kappa shape index (κ1) is 13.5. The minimum atomic E-state index is -0.787. The second kappa shape index (κ2) is 5.16. The lowest BCUT2D eigenvalue weighted by atomic mass is 9.98. The number of rotatable bonds is 3. The number of carbonyl (C=O) groups is 1. The zero-order chi connectivity index (χ0) is 15.0. The van der Waals surface area contributed by atoms with Crippen molar-refractivity contribution >= 4 is 11.7 Å². The van der Waals surface area contributed by atoms with E-state index in [0.29, 0.717) is 18.7 Å². The number of carboxylic acids is 1. The topological polar surface area (TPSA) is 40.5 Å². The van der Waals surface area contributed by atoms with E-state index >= 15 is 0 Å². The van der Waals surface area contributed by atoms with Crippen molar-refractivity contribution in [3.05, 3.63) is 54.1 Å². The number of aliphatic carboxylic acids is 1. The monoisotopic (exact) mass is 289 g/mol. The SMILES string of the molecule is O=C(O)C1CN(c2ccc(-c3cc(F)ccc3F)cc2)C1. The van der Waals surface area contributed by atoms with E-state index in [4.69, 9.17) is 5.11 Å². The lowest BCUT2D eigenvalue weighted by Gasteiger charge is -2.38. The molecule has 1 saturated heterocycles. The van der Waals surface area contributed by atoms with Crippen molar-refractivity contribution in [1.29, 1.82) is 0 Å². The van der Waals surface area contributed by atoms with Gasteiger partial charge < -0.3 is 10.0 Å². The smallest absolute Gasteiger partial charge is 0.310 e. The molecule has 0 unspecified atom stereocenters. The Labute approximate surface area is 120 Å². The number of nitrogens with zero attached hydrogens (tertiary/aromatic N) is 1. The van der Waals surface area contributed by atoms with Crippen LogP contribution < -0.4 is 4.90 Å². The van der Waals surface area contributed by atoms with Crippen LogP contribution in [0.4, 0.5) is 14.5 Å². The molecule has 0 spiro atoms. The molecule has 2 aromatic rings. The summed E-state index contributed by atoms with van der Waals surface area (Å²) in [6.45, 7) is 0.950. The number of carboxylic acid groups (broad SMARTS) is 1. The van der Waals surface area contributed by atoms with Gasteiger partial charge in [0.15, 0.2) is 0 Å². The van der Waals surface area contributed by atoms with Gasteiger partial charge in [0.25, 0.3) is 0 Å². The highest BCUT2D eigenvalue weighted by Gasteiger charge is 2.32. The average Bonchev–Trinajstić information content (AvgIpc) is 2.40. The van der Waals surface area contributed by atoms with Gasteiger partial charge in [-0.15, -0.1) is 0 Å². The van der Waals surface area contributed by atoms with Crippen LogP contribution in [-0.2, 0) is 4.79 Å². The molecule has 108 valence electrons. The van der Waals surface area contributed by atoms with Crippen LogP contribution in [0.25, 0.3) is 11.1 Å². The summed E-state index contributed by atoms with van der Waals surface area (Å²) in [6, 6.07) is 10.3. The predicted molar refractivity (Wildman–Crippen MR) is 75.1 cm³/mol. The molecular weight excluding hydrogens is 276 g/mol. The molecule has 0 saturated carbocycles. The Morgan fingerprint density at radius 1 is 1.10 bits per heavy atom. The third kappa shape index (κ3) is 2.59. The summed E-state index contributed by atoms with van der Waals surface area (Å²) >= 11 is 0. The van der Waals surface area contributed by atoms with Gasteiger partial charge in [-0.05, 0) is 35.9 Å². The molecular formula is C16H13F2NO2. The van der Waals surface area contributed by atoms with Crippen molar-refractivity contribution in [2.24, 2.45) is 5.92 Å². The molecule has 0 atom stereocenters. The summed E-state index contributed by atoms with van der Waals surface area (Å²) < 4.78 is 26.9. The number of hydrogen-bond donors (Lipinski definition) is 1. The highest BCUT2D eigenvalue weighted by molar-refractivity contribution is 5.75. The van der Waals surface area contributed by atoms with Crippen molar-refractivity contribution in [2.75, 3.05) is 18.0 Å². The molecule has 0 bridgehead atoms. The van der Waals surface area contributed by atoms with Crippen LogP contribution in [-0.4, -0.2) is 24.2 Å². The molecule has 0 aromatic heterocycles. The van der Waals surface area contributed by atoms with E-state index in [1.807, 2.05) is 4.90 Å². The van der Waals surface area contributed by atoms with Gasteiger partial charge in [-0.2, -0.15) is 0 Å². The molecule has 2 aromatic carbocycles. The van der Waals surface area contributed by atoms with E-state index in [9.17, 15) is 13.6 Å². The zero-order valence-corrected chi connectivity index (χ0v) is 11.1. The molecule has 1 aliphatic heterocycles. The molecule has 1 heterocycles. The molecule has 21 heavy (non-hydrogen) atoms. The minimum Gasteiger partial charge on any atom is -0.481 e. The molecule has 0 aliphatic carbocycles. The Morgan fingerprint density at radius 3 is 2.38 bits per heavy atom. The van der Waals surface area contributed by atoms with E-state index in [0.717, 1.165) is 23.9 Å². The molecule has 1 aliphatic rings. The quantitative estimate of drug-likeness (QED) is 0.943. The van der Waals surface area contributed by atoms with Crippen LogP contribution in [0.3, 0.4) is 0 Å². The normalized spacial score (nSPS) is 14.9. The molecule has 3 rings (SSSR count). The van der Waals surface area contributed by atoms with Crippen LogP contribution >= 0.6 is 0 Å². The summed E-state index contributed by atoms with van der Waals surface area (Å²) in [6.07, 6.45) is 0. The van der Waals surface area contributed by atoms with Crippen LogP contribution in [0.5, 0.6) is 0 Å². The van der Waals surface area contributed by atoms with E-state index < -0.39 is 17.6 Å². The summed E-state index contributed by atoms with van der Waals surface area (Å²) in [5.74, 6) is -2.07. The largest absolute Gasteiger partial charge is 0.481 e. The van der Waals surface area contributed by atoms with Gasteiger partial charge in [0.05, 0.1) is 5.92 Å². The van der Waals surface area contributed by atoms with Gasteiger partial charge in [0, 0.05) is 24.3 Å². The Kier molecular flexibility index (Phi) is 3.33. The van der Waals surface area contributed by atoms with Crippen LogP contribution in [0.15, 0.2) is 42.5 Å². The maximum absolute atomic E-state index is 13.7. The molecule has 0 radical (unpaired) electrons. The minimum absolute atomic E-state index is 0.216. The fourth-order valence-corrected chi connectivity index (χ4v) is 2.42. The van der Waals surface area contributed by atoms with Crippen molar-refractivity contribution in [3.63, 3.8) is 0 Å². The first-order chi connectivity index (χ1) is 10.0. The predicted octanol–water partition coefficient (Wildman–Crippen LogP) is 3.15. The van der Waals surface area contributed by atoms with Gasteiger partial charge in [-0.25, -0.2) is 8.78 Å². The summed E-state index contributed by atoms with van der Waals surface area (Å²) in [5, 5.41) is 8.84. The van der Waals surface area contributed by atoms with Gasteiger partial charge in [0.1, 0.15) is 11.6 Å². The van der Waals surface area contributed by atoms with Crippen molar-refractivity contribution in [3.8, 4) is 11.1 Å². The van der Waals surface area contributed by atoms with E-state index in [-0.39, 0.29) is 11.5 Å². The third-order valence-electron chi connectivity index (χ3n) is 3.70. The Morgan fingerprint density at radius 2 is 1.76 bits per heavy atom. The lowest BCUT2D eigenvalue weighted by molar-refractivity contribution is -0.142. The Balaban J connectivity index is 1.79. The number of hydrogen-bond acceptors (Lipinski definition) is 2. The van der Waals surface area contributed by atoms with Gasteiger partial charge >= 0.3 is 5.97 Å². The van der Waals surface area contributed by atoms with Crippen LogP contribution in [0, 0.1) is 17.6 Å². The number of benzene rings is 2. The Hall–Kier alpha value is -2.43.